The summed E-state index contributed by atoms with van der Waals surface area (Å²) in [6.45, 7) is 3.94. The summed E-state index contributed by atoms with van der Waals surface area (Å²) >= 11 is 0. The summed E-state index contributed by atoms with van der Waals surface area (Å²) < 4.78 is 0. The maximum absolute atomic E-state index is 12.2. The number of nitrogens with two attached hydrogens (primary N) is 1. The Morgan fingerprint density at radius 3 is 2.95 bits per heavy atom. The van der Waals surface area contributed by atoms with E-state index in [0.29, 0.717) is 11.4 Å². The van der Waals surface area contributed by atoms with Gasteiger partial charge in [-0.15, -0.1) is 0 Å². The van der Waals surface area contributed by atoms with Gasteiger partial charge in [-0.3, -0.25) is 15.6 Å². The second-order valence-electron chi connectivity index (χ2n) is 4.85. The molecule has 104 valence electrons. The van der Waals surface area contributed by atoms with E-state index in [1.54, 1.807) is 23.2 Å². The quantitative estimate of drug-likeness (QED) is 0.599. The number of rotatable bonds is 5. The molecule has 2 rings (SSSR count). The normalized spacial score (nSPS) is 15.5. The molecule has 0 unspecified atom stereocenters. The van der Waals surface area contributed by atoms with Crippen molar-refractivity contribution in [1.82, 2.24) is 14.8 Å². The van der Waals surface area contributed by atoms with Crippen LogP contribution in [0.1, 0.15) is 23.3 Å². The maximum Gasteiger partial charge on any atom is 0.272 e. The SMILES string of the molecule is CN(CCN1CCCC1)C(=O)c1cc(NN)ccn1. The van der Waals surface area contributed by atoms with Gasteiger partial charge in [-0.1, -0.05) is 0 Å². The molecule has 3 N–H and O–H groups in total. The van der Waals surface area contributed by atoms with E-state index in [1.807, 2.05) is 7.05 Å². The van der Waals surface area contributed by atoms with E-state index in [9.17, 15) is 4.79 Å². The summed E-state index contributed by atoms with van der Waals surface area (Å²) in [5.41, 5.74) is 3.62. The highest BCUT2D eigenvalue weighted by Crippen LogP contribution is 2.09. The molecule has 1 aliphatic heterocycles. The van der Waals surface area contributed by atoms with Gasteiger partial charge in [0.2, 0.25) is 0 Å². The summed E-state index contributed by atoms with van der Waals surface area (Å²) in [4.78, 5) is 20.4. The molecular weight excluding hydrogens is 242 g/mol. The Bertz CT molecular complexity index is 431. The lowest BCUT2D eigenvalue weighted by molar-refractivity contribution is 0.0776. The lowest BCUT2D eigenvalue weighted by atomic mass is 10.3. The van der Waals surface area contributed by atoms with Crippen LogP contribution >= 0.6 is 0 Å². The maximum atomic E-state index is 12.2. The first-order chi connectivity index (χ1) is 9.20. The topological polar surface area (TPSA) is 74.5 Å². The molecule has 0 aromatic carbocycles. The first kappa shape index (κ1) is 13.8. The van der Waals surface area contributed by atoms with Gasteiger partial charge in [0, 0.05) is 26.3 Å². The monoisotopic (exact) mass is 263 g/mol. The predicted octanol–water partition coefficient (Wildman–Crippen LogP) is 0.535. The highest BCUT2D eigenvalue weighted by atomic mass is 16.2. The van der Waals surface area contributed by atoms with Crippen LogP contribution in [-0.4, -0.2) is 53.9 Å². The Kier molecular flexibility index (Phi) is 4.70. The van der Waals surface area contributed by atoms with Crippen molar-refractivity contribution in [2.75, 3.05) is 38.7 Å². The van der Waals surface area contributed by atoms with E-state index in [-0.39, 0.29) is 5.91 Å². The molecule has 1 amide bonds. The van der Waals surface area contributed by atoms with Crippen LogP contribution in [0.5, 0.6) is 0 Å². The number of nitrogen functional groups attached to an aromatic ring is 1. The Labute approximate surface area is 113 Å². The molecule has 0 aliphatic carbocycles. The lowest BCUT2D eigenvalue weighted by Gasteiger charge is -2.21. The van der Waals surface area contributed by atoms with Gasteiger partial charge in [0.25, 0.3) is 5.91 Å². The van der Waals surface area contributed by atoms with Crippen LogP contribution in [0.4, 0.5) is 5.69 Å². The molecule has 1 saturated heterocycles. The van der Waals surface area contributed by atoms with Crippen molar-refractivity contribution >= 4 is 11.6 Å². The zero-order chi connectivity index (χ0) is 13.7. The fraction of sp³-hybridized carbons (Fsp3) is 0.538. The van der Waals surface area contributed by atoms with Crippen LogP contribution in [0.25, 0.3) is 0 Å². The number of nitrogens with zero attached hydrogens (tertiary/aromatic N) is 3. The van der Waals surface area contributed by atoms with Gasteiger partial charge in [-0.05, 0) is 38.1 Å². The average Bonchev–Trinajstić information content (AvgIpc) is 2.97. The standard InChI is InChI=1S/C13H21N5O/c1-17(8-9-18-6-2-3-7-18)13(19)12-10-11(16-14)4-5-15-12/h4-5,10H,2-3,6-9,14H2,1H3,(H,15,16). The zero-order valence-corrected chi connectivity index (χ0v) is 11.3. The number of aromatic nitrogens is 1. The van der Waals surface area contributed by atoms with E-state index in [1.165, 1.54) is 12.8 Å². The summed E-state index contributed by atoms with van der Waals surface area (Å²) in [5.74, 6) is 5.25. The number of hydrogen-bond donors (Lipinski definition) is 2. The van der Waals surface area contributed by atoms with Crippen molar-refractivity contribution < 1.29 is 4.79 Å². The second kappa shape index (κ2) is 6.49. The first-order valence-electron chi connectivity index (χ1n) is 6.61. The van der Waals surface area contributed by atoms with E-state index in [0.717, 1.165) is 26.2 Å². The van der Waals surface area contributed by atoms with Crippen molar-refractivity contribution in [2.45, 2.75) is 12.8 Å². The molecule has 6 heteroatoms. The van der Waals surface area contributed by atoms with E-state index < -0.39 is 0 Å². The Balaban J connectivity index is 1.90. The molecule has 19 heavy (non-hydrogen) atoms. The van der Waals surface area contributed by atoms with Crippen LogP contribution in [0.3, 0.4) is 0 Å². The van der Waals surface area contributed by atoms with Crippen molar-refractivity contribution in [3.63, 3.8) is 0 Å². The summed E-state index contributed by atoms with van der Waals surface area (Å²) in [5, 5.41) is 0. The molecule has 0 saturated carbocycles. The van der Waals surface area contributed by atoms with Crippen molar-refractivity contribution in [3.8, 4) is 0 Å². The van der Waals surface area contributed by atoms with Gasteiger partial charge in [0.1, 0.15) is 5.69 Å². The van der Waals surface area contributed by atoms with Crippen molar-refractivity contribution in [2.24, 2.45) is 5.84 Å². The number of hydrogen-bond acceptors (Lipinski definition) is 5. The number of amides is 1. The largest absolute Gasteiger partial charge is 0.339 e. The summed E-state index contributed by atoms with van der Waals surface area (Å²) in [6, 6.07) is 3.38. The number of likely N-dealkylation sites (N-methyl/N-ethyl adjacent to an activating group) is 1. The van der Waals surface area contributed by atoms with Gasteiger partial charge < -0.3 is 15.2 Å². The summed E-state index contributed by atoms with van der Waals surface area (Å²) in [7, 11) is 1.81. The van der Waals surface area contributed by atoms with Gasteiger partial charge in [-0.25, -0.2) is 0 Å². The van der Waals surface area contributed by atoms with Crippen LogP contribution in [-0.2, 0) is 0 Å². The second-order valence-corrected chi connectivity index (χ2v) is 4.85. The number of pyridine rings is 1. The molecule has 0 bridgehead atoms. The molecule has 1 aromatic heterocycles. The highest BCUT2D eigenvalue weighted by Gasteiger charge is 2.16. The number of nitrogens with one attached hydrogen (secondary N) is 1. The number of carbonyl (C=O) groups excluding carboxylic acids is 1. The van der Waals surface area contributed by atoms with Crippen LogP contribution in [0.2, 0.25) is 0 Å². The predicted molar refractivity (Wildman–Crippen MR) is 74.7 cm³/mol. The highest BCUT2D eigenvalue weighted by molar-refractivity contribution is 5.92. The van der Waals surface area contributed by atoms with Crippen LogP contribution in [0.15, 0.2) is 18.3 Å². The molecule has 0 atom stereocenters. The molecular formula is C13H21N5O. The zero-order valence-electron chi connectivity index (χ0n) is 11.3. The molecule has 2 heterocycles. The summed E-state index contributed by atoms with van der Waals surface area (Å²) in [6.07, 6.45) is 4.11. The van der Waals surface area contributed by atoms with Gasteiger partial charge in [0.05, 0.1) is 5.69 Å². The number of hydrazine groups is 1. The first-order valence-corrected chi connectivity index (χ1v) is 6.61. The van der Waals surface area contributed by atoms with Crippen LogP contribution in [0, 0.1) is 0 Å². The van der Waals surface area contributed by atoms with Crippen LogP contribution < -0.4 is 11.3 Å². The Hall–Kier alpha value is -1.66. The molecule has 1 fully saturated rings. The van der Waals surface area contributed by atoms with Gasteiger partial charge >= 0.3 is 0 Å². The van der Waals surface area contributed by atoms with Gasteiger partial charge in [-0.2, -0.15) is 0 Å². The van der Waals surface area contributed by atoms with E-state index >= 15 is 0 Å². The van der Waals surface area contributed by atoms with Gasteiger partial charge in [0.15, 0.2) is 0 Å². The van der Waals surface area contributed by atoms with Crippen molar-refractivity contribution in [3.05, 3.63) is 24.0 Å². The Morgan fingerprint density at radius 2 is 2.26 bits per heavy atom. The smallest absolute Gasteiger partial charge is 0.272 e. The molecule has 0 spiro atoms. The average molecular weight is 263 g/mol. The molecule has 6 nitrogen and oxygen atoms in total. The minimum Gasteiger partial charge on any atom is -0.339 e. The molecule has 1 aliphatic rings. The lowest BCUT2D eigenvalue weighted by Crippen LogP contribution is -2.35. The molecule has 0 radical (unpaired) electrons. The third kappa shape index (κ3) is 3.65. The van der Waals surface area contributed by atoms with E-state index in [2.05, 4.69) is 15.3 Å². The number of likely N-dealkylation sites (tertiary alicyclic amines) is 1. The van der Waals surface area contributed by atoms with Crippen molar-refractivity contribution in [1.29, 1.82) is 0 Å². The fourth-order valence-electron chi connectivity index (χ4n) is 2.23. The third-order valence-corrected chi connectivity index (χ3v) is 3.44. The van der Waals surface area contributed by atoms with E-state index in [4.69, 9.17) is 5.84 Å². The Morgan fingerprint density at radius 1 is 1.53 bits per heavy atom. The molecule has 1 aromatic rings. The number of anilines is 1. The minimum atomic E-state index is -0.0729. The fourth-order valence-corrected chi connectivity index (χ4v) is 2.23. The third-order valence-electron chi connectivity index (χ3n) is 3.44. The minimum absolute atomic E-state index is 0.0729. The number of carbonyl (C=O) groups is 1.